The molecule has 5 atom stereocenters. The maximum absolute atomic E-state index is 6.58. The summed E-state index contributed by atoms with van der Waals surface area (Å²) >= 11 is 1.86. The van der Waals surface area contributed by atoms with Crippen LogP contribution in [-0.2, 0) is 5.41 Å². The molecule has 7 heteroatoms. The molecule has 6 nitrogen and oxygen atoms in total. The van der Waals surface area contributed by atoms with Crippen molar-refractivity contribution in [1.82, 2.24) is 19.5 Å². The van der Waals surface area contributed by atoms with Crippen LogP contribution in [0.1, 0.15) is 74.5 Å². The molecule has 11 aromatic rings. The minimum Gasteiger partial charge on any atom is -0.455 e. The van der Waals surface area contributed by atoms with E-state index < -0.39 is 5.41 Å². The SMILES string of the molecule is CC1C=CC2(C)C3=C1C(C)c1c(n(c4ccc(N5C6=CC=CCC6c6cc(-c7cccc8c7oc7ccccc78)ccc65)cc14)-c1cccc4c1sc1c(cccc14)-c1nc(-c4ccccc4)nc2n1)C3C. The summed E-state index contributed by atoms with van der Waals surface area (Å²) in [6, 6.07) is 53.3. The van der Waals surface area contributed by atoms with Crippen LogP contribution in [0.15, 0.2) is 197 Å². The molecule has 0 N–H and O–H groups in total. The average molecular weight is 946 g/mol. The Hall–Kier alpha value is -8.13. The van der Waals surface area contributed by atoms with E-state index in [2.05, 4.69) is 207 Å². The van der Waals surface area contributed by atoms with Crippen molar-refractivity contribution in [2.24, 2.45) is 5.92 Å². The Morgan fingerprint density at radius 1 is 0.653 bits per heavy atom. The molecule has 3 aliphatic carbocycles. The van der Waals surface area contributed by atoms with E-state index in [9.17, 15) is 0 Å². The average Bonchev–Trinajstić information content (AvgIpc) is 4.19. The molecule has 0 saturated carbocycles. The number of aromatic nitrogens is 4. The third-order valence-electron chi connectivity index (χ3n) is 17.0. The number of fused-ring (bicyclic) bond motifs is 15. The largest absolute Gasteiger partial charge is 0.455 e. The third kappa shape index (κ3) is 5.31. The van der Waals surface area contributed by atoms with Gasteiger partial charge in [0, 0.05) is 88.8 Å². The van der Waals surface area contributed by atoms with Crippen LogP contribution in [0.3, 0.4) is 0 Å². The van der Waals surface area contributed by atoms with Crippen LogP contribution >= 0.6 is 11.3 Å². The number of thiophene rings is 1. The highest BCUT2D eigenvalue weighted by atomic mass is 32.1. The zero-order valence-electron chi connectivity index (χ0n) is 40.3. The van der Waals surface area contributed by atoms with E-state index in [1.54, 1.807) is 0 Å². The molecule has 344 valence electrons. The van der Waals surface area contributed by atoms with Gasteiger partial charge < -0.3 is 13.9 Å². The minimum absolute atomic E-state index is 0.0373. The first kappa shape index (κ1) is 40.6. The first-order valence-electron chi connectivity index (χ1n) is 25.4. The van der Waals surface area contributed by atoms with Crippen LogP contribution in [0.25, 0.3) is 92.6 Å². The normalized spacial score (nSPS) is 21.5. The molecule has 2 aliphatic heterocycles. The van der Waals surface area contributed by atoms with Crippen LogP contribution in [0.2, 0.25) is 0 Å². The van der Waals surface area contributed by atoms with Gasteiger partial charge in [-0.25, -0.2) is 15.0 Å². The lowest BCUT2D eigenvalue weighted by molar-refractivity contribution is 0.512. The Morgan fingerprint density at radius 2 is 1.43 bits per heavy atom. The van der Waals surface area contributed by atoms with Crippen LogP contribution in [-0.4, -0.2) is 19.5 Å². The predicted octanol–water partition coefficient (Wildman–Crippen LogP) is 17.2. The van der Waals surface area contributed by atoms with Gasteiger partial charge in [-0.15, -0.1) is 11.3 Å². The fourth-order valence-electron chi connectivity index (χ4n) is 13.8. The van der Waals surface area contributed by atoms with Crippen molar-refractivity contribution in [1.29, 1.82) is 0 Å². The number of hydrogen-bond acceptors (Lipinski definition) is 6. The molecule has 6 heterocycles. The highest BCUT2D eigenvalue weighted by Gasteiger charge is 2.48. The first-order valence-corrected chi connectivity index (χ1v) is 26.2. The summed E-state index contributed by atoms with van der Waals surface area (Å²) in [7, 11) is 0. The highest BCUT2D eigenvalue weighted by molar-refractivity contribution is 7.26. The smallest absolute Gasteiger partial charge is 0.165 e. The summed E-state index contributed by atoms with van der Waals surface area (Å²) in [6.07, 6.45) is 12.7. The molecular formula is C65H47N5OS. The predicted molar refractivity (Wildman–Crippen MR) is 296 cm³/mol. The van der Waals surface area contributed by atoms with Gasteiger partial charge in [-0.3, -0.25) is 0 Å². The number of hydrogen-bond donors (Lipinski definition) is 0. The molecule has 7 aromatic carbocycles. The van der Waals surface area contributed by atoms with Gasteiger partial charge in [0.05, 0.1) is 21.3 Å². The van der Waals surface area contributed by atoms with Gasteiger partial charge in [0.1, 0.15) is 17.0 Å². The molecular weight excluding hydrogens is 899 g/mol. The van der Waals surface area contributed by atoms with E-state index in [1.165, 1.54) is 87.4 Å². The van der Waals surface area contributed by atoms with Crippen LogP contribution in [0, 0.1) is 5.92 Å². The van der Waals surface area contributed by atoms with Crippen LogP contribution in [0.4, 0.5) is 11.4 Å². The molecule has 6 bridgehead atoms. The highest BCUT2D eigenvalue weighted by Crippen LogP contribution is 2.59. The van der Waals surface area contributed by atoms with Crippen molar-refractivity contribution in [3.05, 3.63) is 215 Å². The van der Waals surface area contributed by atoms with E-state index in [1.807, 2.05) is 17.4 Å². The molecule has 0 spiro atoms. The van der Waals surface area contributed by atoms with Gasteiger partial charge in [-0.2, -0.15) is 0 Å². The fraction of sp³-hybridized carbons (Fsp3) is 0.154. The second kappa shape index (κ2) is 14.5. The third-order valence-corrected chi connectivity index (χ3v) is 18.3. The molecule has 72 heavy (non-hydrogen) atoms. The summed E-state index contributed by atoms with van der Waals surface area (Å²) in [4.78, 5) is 18.9. The number of furan rings is 1. The van der Waals surface area contributed by atoms with Crippen molar-refractivity contribution in [2.45, 2.75) is 57.3 Å². The summed E-state index contributed by atoms with van der Waals surface area (Å²) in [5, 5.41) is 6.08. The van der Waals surface area contributed by atoms with Crippen molar-refractivity contribution in [3.8, 4) is 39.6 Å². The monoisotopic (exact) mass is 945 g/mol. The molecule has 16 rings (SSSR count). The van der Waals surface area contributed by atoms with Gasteiger partial charge in [0.2, 0.25) is 0 Å². The second-order valence-corrected chi connectivity index (χ2v) is 21.8. The van der Waals surface area contributed by atoms with Crippen molar-refractivity contribution >= 4 is 75.7 Å². The van der Waals surface area contributed by atoms with Crippen LogP contribution < -0.4 is 4.90 Å². The maximum Gasteiger partial charge on any atom is 0.165 e. The number of anilines is 2. The topological polar surface area (TPSA) is 60.0 Å². The Bertz CT molecular complexity index is 4350. The number of para-hydroxylation sites is 2. The molecule has 0 saturated heterocycles. The lowest BCUT2D eigenvalue weighted by Gasteiger charge is -2.44. The van der Waals surface area contributed by atoms with Gasteiger partial charge in [0.15, 0.2) is 11.6 Å². The lowest BCUT2D eigenvalue weighted by Crippen LogP contribution is -2.37. The molecule has 0 fully saturated rings. The first-order chi connectivity index (χ1) is 35.3. The molecule has 0 radical (unpaired) electrons. The van der Waals surface area contributed by atoms with E-state index in [4.69, 9.17) is 19.4 Å². The molecule has 5 aliphatic rings. The quantitative estimate of drug-likeness (QED) is 0.165. The Morgan fingerprint density at radius 3 is 2.32 bits per heavy atom. The Kier molecular flexibility index (Phi) is 8.17. The Labute approximate surface area is 420 Å². The van der Waals surface area contributed by atoms with Gasteiger partial charge in [-0.1, -0.05) is 148 Å². The summed E-state index contributed by atoms with van der Waals surface area (Å²) in [6.45, 7) is 9.66. The maximum atomic E-state index is 6.58. The second-order valence-electron chi connectivity index (χ2n) is 20.8. The van der Waals surface area contributed by atoms with Crippen molar-refractivity contribution < 1.29 is 4.42 Å². The van der Waals surface area contributed by atoms with E-state index in [0.717, 1.165) is 56.7 Å². The Balaban J connectivity index is 0.939. The molecule has 4 aromatic heterocycles. The van der Waals surface area contributed by atoms with E-state index >= 15 is 0 Å². The lowest BCUT2D eigenvalue weighted by atomic mass is 9.60. The standard InChI is InChI=1S/C65H47N5OS/c1-35-31-32-65(4)57-37(3)58-56(36(2)55(35)57)49-34-40(69-50-24-10-8-17-42(50)48-33-39(27-29-51(48)69)41-19-12-20-44-43-18-9-11-26-54(43)71-59(41)44)28-30-52(49)70(58)53-25-14-22-46-45-21-13-23-47(60(45)72-61(46)53)63-66-62(67-64(65)68-63)38-15-6-5-7-16-38/h5-16,18-37,42H,17H2,1-4H3. The summed E-state index contributed by atoms with van der Waals surface area (Å²) in [5.74, 6) is 2.83. The number of rotatable bonds is 3. The summed E-state index contributed by atoms with van der Waals surface area (Å²) < 4.78 is 11.7. The van der Waals surface area contributed by atoms with E-state index in [-0.39, 0.29) is 23.7 Å². The van der Waals surface area contributed by atoms with Gasteiger partial charge in [-0.05, 0) is 96.1 Å². The number of nitrogens with zero attached hydrogens (tertiary/aromatic N) is 5. The number of benzene rings is 7. The zero-order chi connectivity index (χ0) is 47.7. The van der Waals surface area contributed by atoms with Crippen molar-refractivity contribution in [2.75, 3.05) is 4.90 Å². The van der Waals surface area contributed by atoms with Crippen molar-refractivity contribution in [3.63, 3.8) is 0 Å². The van der Waals surface area contributed by atoms with Gasteiger partial charge >= 0.3 is 0 Å². The van der Waals surface area contributed by atoms with Gasteiger partial charge in [0.25, 0.3) is 0 Å². The number of allylic oxidation sites excluding steroid dienone is 8. The zero-order valence-corrected chi connectivity index (χ0v) is 41.1. The van der Waals surface area contributed by atoms with E-state index in [0.29, 0.717) is 5.82 Å². The fourth-order valence-corrected chi connectivity index (χ4v) is 15.2. The molecule has 5 unspecified atom stereocenters. The molecule has 0 amide bonds. The van der Waals surface area contributed by atoms with Crippen LogP contribution in [0.5, 0.6) is 0 Å². The summed E-state index contributed by atoms with van der Waals surface area (Å²) in [5.41, 5.74) is 18.8. The minimum atomic E-state index is -0.599.